The molecule has 0 aromatic carbocycles. The average Bonchev–Trinajstić information content (AvgIpc) is 3.15. The van der Waals surface area contributed by atoms with Crippen molar-refractivity contribution in [3.63, 3.8) is 0 Å². The monoisotopic (exact) mass is 443 g/mol. The second-order valence-corrected chi connectivity index (χ2v) is 9.00. The molecule has 0 saturated carbocycles. The topological polar surface area (TPSA) is 54.5 Å². The lowest BCUT2D eigenvalue weighted by atomic mass is 10.2. The molecule has 8 heteroatoms. The first-order chi connectivity index (χ1) is 12.0. The lowest BCUT2D eigenvalue weighted by Crippen LogP contribution is -2.48. The first-order valence-corrected chi connectivity index (χ1v) is 10.9. The van der Waals surface area contributed by atoms with Crippen molar-refractivity contribution < 1.29 is 9.53 Å². The maximum atomic E-state index is 12.1. The lowest BCUT2D eigenvalue weighted by Gasteiger charge is -2.35. The Morgan fingerprint density at radius 1 is 1.36 bits per heavy atom. The maximum absolute atomic E-state index is 12.1. The van der Waals surface area contributed by atoms with Gasteiger partial charge in [0, 0.05) is 41.4 Å². The van der Waals surface area contributed by atoms with Crippen molar-refractivity contribution in [3.05, 3.63) is 27.0 Å². The predicted octanol–water partition coefficient (Wildman–Crippen LogP) is 3.40. The van der Waals surface area contributed by atoms with Crippen LogP contribution in [0.5, 0.6) is 0 Å². The molecule has 0 radical (unpaired) electrons. The number of hydrogen-bond donors (Lipinski definition) is 1. The van der Waals surface area contributed by atoms with E-state index in [4.69, 9.17) is 4.74 Å². The standard InChI is InChI=1S/C17H22BrN3O2S2/c1-11-7-21(8-12(2)23-11)4-3-19-16(22)6-14-10-25-17(20-14)15-5-13(18)9-24-15/h5,9-12H,3-4,6-8H2,1-2H3,(H,19,22). The number of amides is 1. The summed E-state index contributed by atoms with van der Waals surface area (Å²) >= 11 is 6.69. The summed E-state index contributed by atoms with van der Waals surface area (Å²) in [6, 6.07) is 2.05. The zero-order valence-electron chi connectivity index (χ0n) is 14.3. The van der Waals surface area contributed by atoms with Crippen LogP contribution in [0, 0.1) is 0 Å². The number of thiazole rings is 1. The van der Waals surface area contributed by atoms with Crippen LogP contribution < -0.4 is 5.32 Å². The van der Waals surface area contributed by atoms with Gasteiger partial charge in [0.25, 0.3) is 0 Å². The third kappa shape index (κ3) is 5.59. The Bertz CT molecular complexity index is 708. The lowest BCUT2D eigenvalue weighted by molar-refractivity contribution is -0.120. The number of halogens is 1. The molecule has 1 aliphatic rings. The SMILES string of the molecule is CC1CN(CCNC(=O)Cc2csc(-c3cc(Br)cs3)n2)CC(C)O1. The molecule has 2 atom stereocenters. The number of rotatable bonds is 6. The van der Waals surface area contributed by atoms with Gasteiger partial charge in [-0.25, -0.2) is 4.98 Å². The van der Waals surface area contributed by atoms with Gasteiger partial charge in [-0.15, -0.1) is 22.7 Å². The fourth-order valence-corrected chi connectivity index (χ4v) is 5.30. The maximum Gasteiger partial charge on any atom is 0.226 e. The second-order valence-electron chi connectivity index (χ2n) is 6.32. The van der Waals surface area contributed by atoms with Gasteiger partial charge in [-0.3, -0.25) is 9.69 Å². The number of nitrogens with one attached hydrogen (secondary N) is 1. The number of hydrogen-bond acceptors (Lipinski definition) is 6. The average molecular weight is 444 g/mol. The fraction of sp³-hybridized carbons (Fsp3) is 0.529. The summed E-state index contributed by atoms with van der Waals surface area (Å²) in [5.41, 5.74) is 0.829. The van der Waals surface area contributed by atoms with Crippen LogP contribution in [0.3, 0.4) is 0 Å². The number of carbonyl (C=O) groups excluding carboxylic acids is 1. The van der Waals surface area contributed by atoms with Gasteiger partial charge in [-0.1, -0.05) is 0 Å². The van der Waals surface area contributed by atoms with Crippen molar-refractivity contribution in [1.82, 2.24) is 15.2 Å². The number of thiophene rings is 1. The predicted molar refractivity (Wildman–Crippen MR) is 106 cm³/mol. The number of morpholine rings is 1. The van der Waals surface area contributed by atoms with Gasteiger partial charge in [0.05, 0.1) is 29.2 Å². The van der Waals surface area contributed by atoms with Crippen molar-refractivity contribution in [2.75, 3.05) is 26.2 Å². The Morgan fingerprint density at radius 2 is 2.12 bits per heavy atom. The van der Waals surface area contributed by atoms with E-state index in [2.05, 4.69) is 51.0 Å². The number of carbonyl (C=O) groups is 1. The molecular weight excluding hydrogens is 422 g/mol. The van der Waals surface area contributed by atoms with Crippen molar-refractivity contribution in [2.24, 2.45) is 0 Å². The van der Waals surface area contributed by atoms with E-state index < -0.39 is 0 Å². The molecule has 2 aromatic heterocycles. The summed E-state index contributed by atoms with van der Waals surface area (Å²) in [5, 5.41) is 7.97. The molecule has 2 aromatic rings. The van der Waals surface area contributed by atoms with Gasteiger partial charge in [-0.05, 0) is 35.8 Å². The highest BCUT2D eigenvalue weighted by Gasteiger charge is 2.21. The highest BCUT2D eigenvalue weighted by molar-refractivity contribution is 9.10. The van der Waals surface area contributed by atoms with Crippen LogP contribution in [0.2, 0.25) is 0 Å². The highest BCUT2D eigenvalue weighted by Crippen LogP contribution is 2.32. The van der Waals surface area contributed by atoms with E-state index in [1.165, 1.54) is 0 Å². The van der Waals surface area contributed by atoms with Crippen LogP contribution in [0.1, 0.15) is 19.5 Å². The number of nitrogens with zero attached hydrogens (tertiary/aromatic N) is 2. The van der Waals surface area contributed by atoms with E-state index in [-0.39, 0.29) is 18.1 Å². The van der Waals surface area contributed by atoms with Gasteiger partial charge >= 0.3 is 0 Å². The molecule has 1 saturated heterocycles. The Kier molecular flexibility index (Phi) is 6.62. The minimum absolute atomic E-state index is 0.0265. The third-order valence-corrected chi connectivity index (χ3v) is 6.67. The van der Waals surface area contributed by atoms with Crippen LogP contribution in [0.4, 0.5) is 0 Å². The van der Waals surface area contributed by atoms with Gasteiger partial charge in [-0.2, -0.15) is 0 Å². The smallest absolute Gasteiger partial charge is 0.226 e. The minimum atomic E-state index is 0.0265. The molecule has 0 aliphatic carbocycles. The largest absolute Gasteiger partial charge is 0.373 e. The molecule has 2 unspecified atom stereocenters. The van der Waals surface area contributed by atoms with Crippen molar-refractivity contribution in [1.29, 1.82) is 0 Å². The summed E-state index contributed by atoms with van der Waals surface area (Å²) < 4.78 is 6.79. The van der Waals surface area contributed by atoms with Crippen LogP contribution in [-0.2, 0) is 16.0 Å². The molecular formula is C17H22BrN3O2S2. The van der Waals surface area contributed by atoms with Crippen molar-refractivity contribution >= 4 is 44.5 Å². The molecule has 25 heavy (non-hydrogen) atoms. The molecule has 3 rings (SSSR count). The molecule has 5 nitrogen and oxygen atoms in total. The molecule has 1 fully saturated rings. The number of ether oxygens (including phenoxy) is 1. The van der Waals surface area contributed by atoms with E-state index in [1.54, 1.807) is 22.7 Å². The normalized spacial score (nSPS) is 21.4. The summed E-state index contributed by atoms with van der Waals surface area (Å²) in [6.45, 7) is 7.54. The van der Waals surface area contributed by atoms with Crippen LogP contribution >= 0.6 is 38.6 Å². The van der Waals surface area contributed by atoms with Gasteiger partial charge in [0.2, 0.25) is 5.91 Å². The first-order valence-electron chi connectivity index (χ1n) is 8.33. The van der Waals surface area contributed by atoms with E-state index >= 15 is 0 Å². The summed E-state index contributed by atoms with van der Waals surface area (Å²) in [5.74, 6) is 0.0265. The summed E-state index contributed by atoms with van der Waals surface area (Å²) in [4.78, 5) is 20.2. The van der Waals surface area contributed by atoms with Crippen molar-refractivity contribution in [2.45, 2.75) is 32.5 Å². The molecule has 0 bridgehead atoms. The Morgan fingerprint density at radius 3 is 2.80 bits per heavy atom. The number of aromatic nitrogens is 1. The third-order valence-electron chi connectivity index (χ3n) is 3.92. The molecule has 136 valence electrons. The Balaban J connectivity index is 1.43. The Labute approximate surface area is 164 Å². The van der Waals surface area contributed by atoms with E-state index in [1.807, 2.05) is 10.8 Å². The molecule has 3 heterocycles. The minimum Gasteiger partial charge on any atom is -0.373 e. The fourth-order valence-electron chi connectivity index (χ4n) is 2.97. The zero-order chi connectivity index (χ0) is 17.8. The summed E-state index contributed by atoms with van der Waals surface area (Å²) in [6.07, 6.45) is 0.842. The second kappa shape index (κ2) is 8.73. The quantitative estimate of drug-likeness (QED) is 0.742. The zero-order valence-corrected chi connectivity index (χ0v) is 17.5. The molecule has 0 spiro atoms. The van der Waals surface area contributed by atoms with Crippen LogP contribution in [0.25, 0.3) is 9.88 Å². The Hall–Kier alpha value is -0.800. The molecule has 1 aliphatic heterocycles. The van der Waals surface area contributed by atoms with E-state index in [0.717, 1.165) is 39.7 Å². The van der Waals surface area contributed by atoms with Gasteiger partial charge in [0.1, 0.15) is 5.01 Å². The highest BCUT2D eigenvalue weighted by atomic mass is 79.9. The molecule has 1 amide bonds. The van der Waals surface area contributed by atoms with Gasteiger partial charge < -0.3 is 10.1 Å². The van der Waals surface area contributed by atoms with E-state index in [0.29, 0.717) is 13.0 Å². The van der Waals surface area contributed by atoms with Gasteiger partial charge in [0.15, 0.2) is 0 Å². The van der Waals surface area contributed by atoms with Crippen molar-refractivity contribution in [3.8, 4) is 9.88 Å². The first kappa shape index (κ1) is 19.0. The molecule has 1 N–H and O–H groups in total. The van der Waals surface area contributed by atoms with Crippen LogP contribution in [0.15, 0.2) is 21.3 Å². The van der Waals surface area contributed by atoms with Crippen LogP contribution in [-0.4, -0.2) is 54.2 Å². The summed E-state index contributed by atoms with van der Waals surface area (Å²) in [7, 11) is 0. The van der Waals surface area contributed by atoms with E-state index in [9.17, 15) is 4.79 Å².